The number of thiocarbonyl (C=S) groups is 1. The van der Waals surface area contributed by atoms with Gasteiger partial charge < -0.3 is 4.74 Å². The summed E-state index contributed by atoms with van der Waals surface area (Å²) in [7, 11) is 1.54. The van der Waals surface area contributed by atoms with Crippen molar-refractivity contribution in [1.82, 2.24) is 25.5 Å². The zero-order valence-electron chi connectivity index (χ0n) is 12.9. The largest absolute Gasteiger partial charge is 0.497 e. The lowest BCUT2D eigenvalue weighted by Crippen LogP contribution is -2.34. The Labute approximate surface area is 139 Å². The lowest BCUT2D eigenvalue weighted by atomic mass is 10.2. The summed E-state index contributed by atoms with van der Waals surface area (Å²) >= 11 is 5.08. The lowest BCUT2D eigenvalue weighted by Gasteiger charge is -2.07. The fourth-order valence-corrected chi connectivity index (χ4v) is 1.94. The number of carbonyl (C=O) groups excluding carboxylic acids is 1. The molecule has 122 valence electrons. The van der Waals surface area contributed by atoms with Crippen LogP contribution in [0.3, 0.4) is 0 Å². The Morgan fingerprint density at radius 3 is 3.00 bits per heavy atom. The number of anilines is 1. The molecule has 0 aliphatic carbocycles. The van der Waals surface area contributed by atoms with Crippen molar-refractivity contribution >= 4 is 29.2 Å². The summed E-state index contributed by atoms with van der Waals surface area (Å²) in [6, 6.07) is 6.77. The van der Waals surface area contributed by atoms with E-state index in [1.54, 1.807) is 24.3 Å². The smallest absolute Gasteiger partial charge is 0.269 e. The molecule has 1 heterocycles. The highest BCUT2D eigenvalue weighted by atomic mass is 32.1. The van der Waals surface area contributed by atoms with Gasteiger partial charge >= 0.3 is 0 Å². The van der Waals surface area contributed by atoms with Gasteiger partial charge in [0.25, 0.3) is 11.9 Å². The molecule has 0 aliphatic heterocycles. The van der Waals surface area contributed by atoms with Gasteiger partial charge in [0.2, 0.25) is 0 Å². The van der Waals surface area contributed by atoms with Gasteiger partial charge in [-0.3, -0.25) is 15.4 Å². The maximum absolute atomic E-state index is 12.1. The second-order valence-electron chi connectivity index (χ2n) is 4.70. The van der Waals surface area contributed by atoms with Crippen LogP contribution in [0.4, 0.5) is 5.95 Å². The predicted octanol–water partition coefficient (Wildman–Crippen LogP) is 1.61. The Morgan fingerprint density at radius 2 is 2.26 bits per heavy atom. The van der Waals surface area contributed by atoms with Gasteiger partial charge in [-0.1, -0.05) is 24.5 Å². The topological polar surface area (TPSA) is 94.0 Å². The molecule has 1 aromatic carbocycles. The summed E-state index contributed by atoms with van der Waals surface area (Å²) < 4.78 is 5.08. The maximum Gasteiger partial charge on any atom is 0.269 e. The molecule has 0 spiro atoms. The first-order valence-corrected chi connectivity index (χ1v) is 7.57. The van der Waals surface area contributed by atoms with Crippen molar-refractivity contribution in [1.29, 1.82) is 0 Å². The average molecular weight is 334 g/mol. The van der Waals surface area contributed by atoms with Crippen LogP contribution in [0, 0.1) is 0 Å². The zero-order chi connectivity index (χ0) is 16.7. The number of hydrogen-bond acceptors (Lipinski definition) is 6. The van der Waals surface area contributed by atoms with E-state index in [4.69, 9.17) is 17.0 Å². The van der Waals surface area contributed by atoms with Gasteiger partial charge in [-0.25, -0.2) is 0 Å². The van der Waals surface area contributed by atoms with Crippen molar-refractivity contribution in [2.24, 2.45) is 0 Å². The lowest BCUT2D eigenvalue weighted by molar-refractivity contribution is 0.0977. The second-order valence-corrected chi connectivity index (χ2v) is 5.11. The van der Waals surface area contributed by atoms with E-state index in [2.05, 4.69) is 33.0 Å². The van der Waals surface area contributed by atoms with Crippen LogP contribution in [-0.2, 0) is 6.54 Å². The number of aryl methyl sites for hydroxylation is 1. The third kappa shape index (κ3) is 4.99. The standard InChI is InChI=1S/C14H18N6O2S/c1-3-4-8-20-18-13(17-19-20)16-14(23)15-12(21)10-6-5-7-11(9-10)22-2/h5-7,9H,3-4,8H2,1-2H3,(H2,15,16,18,21,23). The van der Waals surface area contributed by atoms with Gasteiger partial charge in [0.15, 0.2) is 5.11 Å². The van der Waals surface area contributed by atoms with Crippen LogP contribution < -0.4 is 15.4 Å². The Hall–Kier alpha value is -2.55. The third-order valence-corrected chi connectivity index (χ3v) is 3.15. The summed E-state index contributed by atoms with van der Waals surface area (Å²) in [5, 5.41) is 17.2. The van der Waals surface area contributed by atoms with E-state index in [1.807, 2.05) is 0 Å². The number of carbonyl (C=O) groups is 1. The molecule has 23 heavy (non-hydrogen) atoms. The number of nitrogens with one attached hydrogen (secondary N) is 2. The molecule has 0 aliphatic rings. The summed E-state index contributed by atoms with van der Waals surface area (Å²) in [5.41, 5.74) is 0.438. The van der Waals surface area contributed by atoms with Gasteiger partial charge in [-0.05, 0) is 42.1 Å². The van der Waals surface area contributed by atoms with Gasteiger partial charge in [0.05, 0.1) is 13.7 Å². The minimum absolute atomic E-state index is 0.105. The molecule has 0 atom stereocenters. The maximum atomic E-state index is 12.1. The fourth-order valence-electron chi connectivity index (χ4n) is 1.76. The minimum Gasteiger partial charge on any atom is -0.497 e. The highest BCUT2D eigenvalue weighted by Gasteiger charge is 2.10. The number of methoxy groups -OCH3 is 1. The molecular formula is C14H18N6O2S. The first-order chi connectivity index (χ1) is 11.1. The Morgan fingerprint density at radius 1 is 1.43 bits per heavy atom. The monoisotopic (exact) mass is 334 g/mol. The van der Waals surface area contributed by atoms with E-state index < -0.39 is 0 Å². The number of ether oxygens (including phenoxy) is 1. The van der Waals surface area contributed by atoms with E-state index in [0.717, 1.165) is 12.8 Å². The molecule has 0 saturated carbocycles. The van der Waals surface area contributed by atoms with Crippen molar-refractivity contribution in [3.63, 3.8) is 0 Å². The molecule has 1 amide bonds. The van der Waals surface area contributed by atoms with Gasteiger partial charge in [-0.15, -0.1) is 5.10 Å². The second kappa shape index (κ2) is 8.18. The number of amides is 1. The van der Waals surface area contributed by atoms with Gasteiger partial charge in [0, 0.05) is 5.56 Å². The molecule has 1 aromatic heterocycles. The normalized spacial score (nSPS) is 10.2. The van der Waals surface area contributed by atoms with Crippen molar-refractivity contribution in [3.8, 4) is 5.75 Å². The van der Waals surface area contributed by atoms with Crippen LogP contribution in [0.5, 0.6) is 5.75 Å². The van der Waals surface area contributed by atoms with Crippen molar-refractivity contribution in [2.75, 3.05) is 12.4 Å². The van der Waals surface area contributed by atoms with Gasteiger partial charge in [0.1, 0.15) is 5.75 Å². The Bertz CT molecular complexity index is 687. The third-order valence-electron chi connectivity index (χ3n) is 2.95. The molecule has 8 nitrogen and oxygen atoms in total. The van der Waals surface area contributed by atoms with Crippen LogP contribution in [-0.4, -0.2) is 38.3 Å². The molecule has 2 rings (SSSR count). The van der Waals surface area contributed by atoms with E-state index in [1.165, 1.54) is 11.9 Å². The number of benzene rings is 1. The number of hydrogen-bond donors (Lipinski definition) is 2. The molecule has 0 saturated heterocycles. The molecular weight excluding hydrogens is 316 g/mol. The van der Waals surface area contributed by atoms with Gasteiger partial charge in [-0.2, -0.15) is 4.80 Å². The van der Waals surface area contributed by atoms with E-state index >= 15 is 0 Å². The molecule has 2 aromatic rings. The van der Waals surface area contributed by atoms with Crippen LogP contribution in [0.2, 0.25) is 0 Å². The number of aromatic nitrogens is 4. The molecule has 2 N–H and O–H groups in total. The molecule has 0 unspecified atom stereocenters. The zero-order valence-corrected chi connectivity index (χ0v) is 13.8. The van der Waals surface area contributed by atoms with Crippen LogP contribution >= 0.6 is 12.2 Å². The predicted molar refractivity (Wildman–Crippen MR) is 89.4 cm³/mol. The minimum atomic E-state index is -0.347. The average Bonchev–Trinajstić information content (AvgIpc) is 3.00. The molecule has 0 bridgehead atoms. The summed E-state index contributed by atoms with van der Waals surface area (Å²) in [6.45, 7) is 2.77. The number of tetrazole rings is 1. The SMILES string of the molecule is CCCCn1nnc(NC(=S)NC(=O)c2cccc(OC)c2)n1. The van der Waals surface area contributed by atoms with E-state index in [-0.39, 0.29) is 17.0 Å². The molecule has 9 heteroatoms. The Kier molecular flexibility index (Phi) is 5.98. The van der Waals surface area contributed by atoms with Crippen LogP contribution in [0.1, 0.15) is 30.1 Å². The molecule has 0 fully saturated rings. The first kappa shape index (κ1) is 16.8. The molecule has 0 radical (unpaired) electrons. The van der Waals surface area contributed by atoms with E-state index in [9.17, 15) is 4.79 Å². The van der Waals surface area contributed by atoms with Crippen molar-refractivity contribution in [3.05, 3.63) is 29.8 Å². The van der Waals surface area contributed by atoms with Crippen molar-refractivity contribution in [2.45, 2.75) is 26.3 Å². The van der Waals surface area contributed by atoms with Crippen molar-refractivity contribution < 1.29 is 9.53 Å². The van der Waals surface area contributed by atoms with Crippen LogP contribution in [0.15, 0.2) is 24.3 Å². The van der Waals surface area contributed by atoms with Crippen LogP contribution in [0.25, 0.3) is 0 Å². The number of nitrogens with zero attached hydrogens (tertiary/aromatic N) is 4. The number of rotatable bonds is 6. The highest BCUT2D eigenvalue weighted by molar-refractivity contribution is 7.80. The Balaban J connectivity index is 1.90. The quantitative estimate of drug-likeness (QED) is 0.775. The highest BCUT2D eigenvalue weighted by Crippen LogP contribution is 2.12. The number of unbranched alkanes of at least 4 members (excludes halogenated alkanes) is 1. The van der Waals surface area contributed by atoms with E-state index in [0.29, 0.717) is 17.9 Å². The summed E-state index contributed by atoms with van der Waals surface area (Å²) in [6.07, 6.45) is 2.01. The summed E-state index contributed by atoms with van der Waals surface area (Å²) in [5.74, 6) is 0.494. The summed E-state index contributed by atoms with van der Waals surface area (Å²) in [4.78, 5) is 13.6. The first-order valence-electron chi connectivity index (χ1n) is 7.16. The fraction of sp³-hybridized carbons (Fsp3) is 0.357.